The Kier molecular flexibility index (Phi) is 6.48. The molecule has 0 radical (unpaired) electrons. The number of anilines is 1. The number of carbonyl (C=O) groups excluding carboxylic acids is 1. The molecule has 1 fully saturated rings. The lowest BCUT2D eigenvalue weighted by Gasteiger charge is -2.26. The Morgan fingerprint density at radius 2 is 1.70 bits per heavy atom. The third kappa shape index (κ3) is 4.66. The van der Waals surface area contributed by atoms with Gasteiger partial charge in [-0.15, -0.1) is 0 Å². The standard InChI is InChI=1S/C18H17BrCl2N2O3S/c19-12-4-6-14(16(21)10-12)18(24)22-13-5-7-15(20)17(11-13)27(25,26)23-8-2-1-3-9-23/h4-7,10-11H,1-3,8-9H2,(H,22,24). The molecule has 2 aromatic rings. The van der Waals surface area contributed by atoms with Crippen molar-refractivity contribution < 1.29 is 13.2 Å². The topological polar surface area (TPSA) is 66.5 Å². The molecule has 0 saturated carbocycles. The van der Waals surface area contributed by atoms with Crippen molar-refractivity contribution in [3.8, 4) is 0 Å². The maximum absolute atomic E-state index is 12.9. The van der Waals surface area contributed by atoms with E-state index in [4.69, 9.17) is 23.2 Å². The lowest BCUT2D eigenvalue weighted by molar-refractivity contribution is 0.102. The average molecular weight is 492 g/mol. The molecule has 1 saturated heterocycles. The molecule has 0 spiro atoms. The fourth-order valence-electron chi connectivity index (χ4n) is 2.90. The molecular formula is C18H17BrCl2N2O3S. The first kappa shape index (κ1) is 20.6. The monoisotopic (exact) mass is 490 g/mol. The Labute approximate surface area is 176 Å². The second-order valence-electron chi connectivity index (χ2n) is 6.19. The van der Waals surface area contributed by atoms with E-state index in [1.807, 2.05) is 0 Å². The van der Waals surface area contributed by atoms with Gasteiger partial charge in [0.1, 0.15) is 4.90 Å². The van der Waals surface area contributed by atoms with Gasteiger partial charge in [0.15, 0.2) is 0 Å². The quantitative estimate of drug-likeness (QED) is 0.640. The highest BCUT2D eigenvalue weighted by molar-refractivity contribution is 9.10. The second-order valence-corrected chi connectivity index (χ2v) is 9.82. The predicted molar refractivity (Wildman–Crippen MR) is 111 cm³/mol. The second kappa shape index (κ2) is 8.49. The first-order valence-electron chi connectivity index (χ1n) is 8.35. The van der Waals surface area contributed by atoms with Crippen LogP contribution >= 0.6 is 39.1 Å². The number of benzene rings is 2. The van der Waals surface area contributed by atoms with Crippen LogP contribution in [-0.4, -0.2) is 31.7 Å². The van der Waals surface area contributed by atoms with E-state index in [1.54, 1.807) is 24.3 Å². The molecule has 27 heavy (non-hydrogen) atoms. The van der Waals surface area contributed by atoms with E-state index in [-0.39, 0.29) is 20.5 Å². The molecule has 1 aliphatic heterocycles. The van der Waals surface area contributed by atoms with Gasteiger partial charge in [-0.25, -0.2) is 8.42 Å². The number of nitrogens with zero attached hydrogens (tertiary/aromatic N) is 1. The van der Waals surface area contributed by atoms with E-state index >= 15 is 0 Å². The van der Waals surface area contributed by atoms with E-state index in [0.29, 0.717) is 18.8 Å². The minimum Gasteiger partial charge on any atom is -0.322 e. The van der Waals surface area contributed by atoms with Gasteiger partial charge in [-0.05, 0) is 49.2 Å². The summed E-state index contributed by atoms with van der Waals surface area (Å²) in [7, 11) is -3.71. The average Bonchev–Trinajstić information content (AvgIpc) is 2.63. The fraction of sp³-hybridized carbons (Fsp3) is 0.278. The highest BCUT2D eigenvalue weighted by Crippen LogP contribution is 2.30. The summed E-state index contributed by atoms with van der Waals surface area (Å²) in [5, 5.41) is 3.09. The molecule has 144 valence electrons. The van der Waals surface area contributed by atoms with Gasteiger partial charge in [0.05, 0.1) is 15.6 Å². The summed E-state index contributed by atoms with van der Waals surface area (Å²) in [4.78, 5) is 12.5. The van der Waals surface area contributed by atoms with Crippen LogP contribution in [-0.2, 0) is 10.0 Å². The molecule has 1 N–H and O–H groups in total. The van der Waals surface area contributed by atoms with E-state index in [2.05, 4.69) is 21.2 Å². The van der Waals surface area contributed by atoms with Gasteiger partial charge >= 0.3 is 0 Å². The summed E-state index contributed by atoms with van der Waals surface area (Å²) in [5.74, 6) is -0.434. The number of piperidine rings is 1. The highest BCUT2D eigenvalue weighted by Gasteiger charge is 2.28. The molecule has 1 amide bonds. The van der Waals surface area contributed by atoms with Crippen LogP contribution in [0.1, 0.15) is 29.6 Å². The van der Waals surface area contributed by atoms with Crippen LogP contribution in [0.15, 0.2) is 45.8 Å². The molecule has 5 nitrogen and oxygen atoms in total. The molecule has 3 rings (SSSR count). The molecule has 2 aromatic carbocycles. The van der Waals surface area contributed by atoms with Crippen molar-refractivity contribution in [1.29, 1.82) is 0 Å². The van der Waals surface area contributed by atoms with Gasteiger partial charge in [-0.1, -0.05) is 45.6 Å². The molecule has 1 heterocycles. The number of hydrogen-bond donors (Lipinski definition) is 1. The van der Waals surface area contributed by atoms with Crippen LogP contribution < -0.4 is 5.32 Å². The summed E-state index contributed by atoms with van der Waals surface area (Å²) in [6, 6.07) is 9.32. The Bertz CT molecular complexity index is 977. The molecule has 0 aliphatic carbocycles. The van der Waals surface area contributed by atoms with E-state index in [9.17, 15) is 13.2 Å². The highest BCUT2D eigenvalue weighted by atomic mass is 79.9. The lowest BCUT2D eigenvalue weighted by atomic mass is 10.2. The normalized spacial score (nSPS) is 15.5. The van der Waals surface area contributed by atoms with Gasteiger partial charge in [0.25, 0.3) is 5.91 Å². The number of amides is 1. The van der Waals surface area contributed by atoms with Crippen molar-refractivity contribution in [1.82, 2.24) is 4.31 Å². The number of halogens is 3. The SMILES string of the molecule is O=C(Nc1ccc(Cl)c(S(=O)(=O)N2CCCCC2)c1)c1ccc(Br)cc1Cl. The van der Waals surface area contributed by atoms with Crippen molar-refractivity contribution in [2.75, 3.05) is 18.4 Å². The minimum absolute atomic E-state index is 0.00855. The number of sulfonamides is 1. The van der Waals surface area contributed by atoms with Crippen LogP contribution in [0.4, 0.5) is 5.69 Å². The molecule has 0 atom stereocenters. The zero-order chi connectivity index (χ0) is 19.6. The zero-order valence-electron chi connectivity index (χ0n) is 14.2. The van der Waals surface area contributed by atoms with Crippen molar-refractivity contribution in [2.45, 2.75) is 24.2 Å². The van der Waals surface area contributed by atoms with Gasteiger partial charge in [0, 0.05) is 23.2 Å². The van der Waals surface area contributed by atoms with Gasteiger partial charge in [-0.2, -0.15) is 4.31 Å². The maximum atomic E-state index is 12.9. The van der Waals surface area contributed by atoms with E-state index in [1.165, 1.54) is 16.4 Å². The van der Waals surface area contributed by atoms with Crippen molar-refractivity contribution in [3.63, 3.8) is 0 Å². The zero-order valence-corrected chi connectivity index (χ0v) is 18.1. The van der Waals surface area contributed by atoms with Crippen LogP contribution in [0.3, 0.4) is 0 Å². The van der Waals surface area contributed by atoms with Crippen LogP contribution in [0.2, 0.25) is 10.0 Å². The van der Waals surface area contributed by atoms with Crippen LogP contribution in [0.25, 0.3) is 0 Å². The Morgan fingerprint density at radius 3 is 2.37 bits per heavy atom. The Morgan fingerprint density at radius 1 is 1.00 bits per heavy atom. The first-order chi connectivity index (χ1) is 12.8. The van der Waals surface area contributed by atoms with Crippen LogP contribution in [0, 0.1) is 0 Å². The van der Waals surface area contributed by atoms with Gasteiger partial charge < -0.3 is 5.32 Å². The smallest absolute Gasteiger partial charge is 0.257 e. The Hall–Kier alpha value is -1.12. The minimum atomic E-state index is -3.71. The maximum Gasteiger partial charge on any atom is 0.257 e. The van der Waals surface area contributed by atoms with Crippen molar-refractivity contribution >= 4 is 60.7 Å². The first-order valence-corrected chi connectivity index (χ1v) is 11.3. The van der Waals surface area contributed by atoms with Gasteiger partial charge in [-0.3, -0.25) is 4.79 Å². The summed E-state index contributed by atoms with van der Waals surface area (Å²) in [6.07, 6.45) is 2.68. The summed E-state index contributed by atoms with van der Waals surface area (Å²) < 4.78 is 28.0. The molecule has 0 bridgehead atoms. The molecular weight excluding hydrogens is 475 g/mol. The van der Waals surface area contributed by atoms with Crippen molar-refractivity contribution in [2.24, 2.45) is 0 Å². The third-order valence-electron chi connectivity index (χ3n) is 4.30. The van der Waals surface area contributed by atoms with Crippen LogP contribution in [0.5, 0.6) is 0 Å². The summed E-state index contributed by atoms with van der Waals surface area (Å²) >= 11 is 15.5. The van der Waals surface area contributed by atoms with Crippen molar-refractivity contribution in [3.05, 3.63) is 56.5 Å². The number of nitrogens with one attached hydrogen (secondary N) is 1. The van der Waals surface area contributed by atoms with E-state index in [0.717, 1.165) is 23.7 Å². The number of carbonyl (C=O) groups is 1. The third-order valence-corrected chi connectivity index (χ3v) is 7.48. The lowest BCUT2D eigenvalue weighted by Crippen LogP contribution is -2.35. The molecule has 9 heteroatoms. The molecule has 1 aliphatic rings. The fourth-order valence-corrected chi connectivity index (χ4v) is 5.67. The summed E-state index contributed by atoms with van der Waals surface area (Å²) in [6.45, 7) is 0.952. The number of rotatable bonds is 4. The summed E-state index contributed by atoms with van der Waals surface area (Å²) in [5.41, 5.74) is 0.620. The van der Waals surface area contributed by atoms with E-state index < -0.39 is 15.9 Å². The molecule has 0 unspecified atom stereocenters. The largest absolute Gasteiger partial charge is 0.322 e. The number of hydrogen-bond acceptors (Lipinski definition) is 3. The Balaban J connectivity index is 1.88. The van der Waals surface area contributed by atoms with Gasteiger partial charge in [0.2, 0.25) is 10.0 Å². The predicted octanol–water partition coefficient (Wildman–Crippen LogP) is 5.18. The molecule has 0 aromatic heterocycles.